The molecular formula is C23H26N2O2. The van der Waals surface area contributed by atoms with E-state index < -0.39 is 0 Å². The molecular weight excluding hydrogens is 336 g/mol. The predicted octanol–water partition coefficient (Wildman–Crippen LogP) is 4.32. The molecule has 0 aliphatic carbocycles. The smallest absolute Gasteiger partial charge is 0.252 e. The number of nitrogens with zero attached hydrogens (tertiary/aromatic N) is 1. The van der Waals surface area contributed by atoms with Gasteiger partial charge in [0.2, 0.25) is 0 Å². The Labute approximate surface area is 161 Å². The van der Waals surface area contributed by atoms with Gasteiger partial charge >= 0.3 is 0 Å². The zero-order chi connectivity index (χ0) is 19.6. The van der Waals surface area contributed by atoms with Crippen LogP contribution in [0.3, 0.4) is 0 Å². The summed E-state index contributed by atoms with van der Waals surface area (Å²) in [6.45, 7) is 8.37. The van der Waals surface area contributed by atoms with E-state index in [1.54, 1.807) is 6.07 Å². The van der Waals surface area contributed by atoms with E-state index in [4.69, 9.17) is 4.84 Å². The Hall–Kier alpha value is -3.06. The average molecular weight is 362 g/mol. The zero-order valence-corrected chi connectivity index (χ0v) is 16.4. The van der Waals surface area contributed by atoms with Crippen molar-refractivity contribution in [3.05, 3.63) is 70.8 Å². The Bertz CT molecular complexity index is 875. The van der Waals surface area contributed by atoms with Crippen LogP contribution in [0.1, 0.15) is 54.2 Å². The summed E-state index contributed by atoms with van der Waals surface area (Å²) >= 11 is 0. The van der Waals surface area contributed by atoms with Crippen molar-refractivity contribution in [1.29, 1.82) is 0 Å². The number of hydrogen-bond donors (Lipinski definition) is 1. The first-order valence-electron chi connectivity index (χ1n) is 9.27. The summed E-state index contributed by atoms with van der Waals surface area (Å²) < 4.78 is 0. The summed E-state index contributed by atoms with van der Waals surface area (Å²) in [5, 5.41) is 6.81. The highest BCUT2D eigenvalue weighted by molar-refractivity contribution is 5.96. The lowest BCUT2D eigenvalue weighted by Gasteiger charge is -2.10. The summed E-state index contributed by atoms with van der Waals surface area (Å²) in [7, 11) is 0. The van der Waals surface area contributed by atoms with Crippen LogP contribution < -0.4 is 5.32 Å². The number of rotatable bonds is 3. The highest BCUT2D eigenvalue weighted by Crippen LogP contribution is 2.11. The fourth-order valence-corrected chi connectivity index (χ4v) is 2.62. The minimum Gasteiger partial charge on any atom is -0.390 e. The summed E-state index contributed by atoms with van der Waals surface area (Å²) in [5.74, 6) is 6.13. The second-order valence-corrected chi connectivity index (χ2v) is 6.08. The van der Waals surface area contributed by atoms with E-state index in [9.17, 15) is 4.79 Å². The molecule has 1 unspecified atom stereocenters. The molecule has 0 fully saturated rings. The van der Waals surface area contributed by atoms with Crippen molar-refractivity contribution in [3.8, 4) is 11.8 Å². The molecule has 0 saturated heterocycles. The van der Waals surface area contributed by atoms with Crippen LogP contribution in [-0.2, 0) is 4.84 Å². The lowest BCUT2D eigenvalue weighted by atomic mass is 10.1. The molecule has 1 atom stereocenters. The fourth-order valence-electron chi connectivity index (χ4n) is 2.62. The van der Waals surface area contributed by atoms with Gasteiger partial charge in [-0.2, -0.15) is 0 Å². The molecule has 1 heterocycles. The van der Waals surface area contributed by atoms with Crippen molar-refractivity contribution in [2.24, 2.45) is 5.16 Å². The number of benzene rings is 2. The zero-order valence-electron chi connectivity index (χ0n) is 16.4. The van der Waals surface area contributed by atoms with E-state index >= 15 is 0 Å². The molecule has 3 rings (SSSR count). The van der Waals surface area contributed by atoms with Crippen molar-refractivity contribution in [3.63, 3.8) is 0 Å². The van der Waals surface area contributed by atoms with Crippen LogP contribution in [0.5, 0.6) is 0 Å². The van der Waals surface area contributed by atoms with Gasteiger partial charge in [0, 0.05) is 17.5 Å². The van der Waals surface area contributed by atoms with Crippen LogP contribution in [0.25, 0.3) is 0 Å². The third-order valence-corrected chi connectivity index (χ3v) is 4.02. The van der Waals surface area contributed by atoms with Gasteiger partial charge in [0.15, 0.2) is 0 Å². The fraction of sp³-hybridized carbons (Fsp3) is 0.304. The summed E-state index contributed by atoms with van der Waals surface area (Å²) in [6.07, 6.45) is 0.656. The third kappa shape index (κ3) is 5.72. The Kier molecular flexibility index (Phi) is 7.63. The van der Waals surface area contributed by atoms with Crippen molar-refractivity contribution in [1.82, 2.24) is 5.32 Å². The molecule has 27 heavy (non-hydrogen) atoms. The van der Waals surface area contributed by atoms with Gasteiger partial charge < -0.3 is 10.2 Å². The molecule has 1 N–H and O–H groups in total. The first-order valence-corrected chi connectivity index (χ1v) is 9.27. The molecule has 0 radical (unpaired) electrons. The third-order valence-electron chi connectivity index (χ3n) is 4.02. The summed E-state index contributed by atoms with van der Waals surface area (Å²) in [5.41, 5.74) is 4.31. The van der Waals surface area contributed by atoms with Gasteiger partial charge in [0.1, 0.15) is 6.10 Å². The quantitative estimate of drug-likeness (QED) is 0.827. The Balaban J connectivity index is 0.00000126. The molecule has 0 saturated carbocycles. The van der Waals surface area contributed by atoms with Crippen molar-refractivity contribution >= 4 is 11.6 Å². The van der Waals surface area contributed by atoms with Gasteiger partial charge in [-0.3, -0.25) is 4.79 Å². The molecule has 0 spiro atoms. The van der Waals surface area contributed by atoms with Crippen molar-refractivity contribution in [2.75, 3.05) is 6.54 Å². The van der Waals surface area contributed by atoms with Crippen molar-refractivity contribution < 1.29 is 9.63 Å². The predicted molar refractivity (Wildman–Crippen MR) is 110 cm³/mol. The normalized spacial score (nSPS) is 14.7. The van der Waals surface area contributed by atoms with Crippen LogP contribution in [0.4, 0.5) is 0 Å². The Morgan fingerprint density at radius 1 is 1.07 bits per heavy atom. The molecule has 1 amide bonds. The highest BCUT2D eigenvalue weighted by Gasteiger charge is 2.19. The molecule has 140 valence electrons. The average Bonchev–Trinajstić information content (AvgIpc) is 3.12. The van der Waals surface area contributed by atoms with Gasteiger partial charge in [0.25, 0.3) is 5.91 Å². The second kappa shape index (κ2) is 10.2. The van der Waals surface area contributed by atoms with Gasteiger partial charge in [-0.25, -0.2) is 0 Å². The van der Waals surface area contributed by atoms with E-state index in [2.05, 4.69) is 22.3 Å². The lowest BCUT2D eigenvalue weighted by molar-refractivity contribution is 0.0753. The first kappa shape index (κ1) is 20.3. The number of amides is 1. The molecule has 2 aromatic carbocycles. The van der Waals surface area contributed by atoms with Gasteiger partial charge in [0.05, 0.1) is 17.8 Å². The van der Waals surface area contributed by atoms with Gasteiger partial charge in [-0.1, -0.05) is 61.2 Å². The topological polar surface area (TPSA) is 50.7 Å². The van der Waals surface area contributed by atoms with E-state index in [0.717, 1.165) is 23.3 Å². The number of aryl methyl sites for hydroxylation is 1. The van der Waals surface area contributed by atoms with Crippen LogP contribution in [0.15, 0.2) is 53.7 Å². The van der Waals surface area contributed by atoms with E-state index in [1.165, 1.54) is 0 Å². The Morgan fingerprint density at radius 3 is 2.37 bits per heavy atom. The molecule has 1 aliphatic rings. The standard InChI is InChI=1S/C21H20N2O2.C2H6/c1-15-7-3-4-8-17(15)11-12-18-9-5-6-10-20(18)21(24)22-14-19-13-16(2)23-25-19;1-2/h3-10,19H,13-14H2,1-2H3,(H,22,24);1-2H3. The SMILES string of the molecule is CC.CC1=NOC(CNC(=O)c2ccccc2C#Cc2ccccc2C)C1. The van der Waals surface area contributed by atoms with E-state index in [0.29, 0.717) is 17.7 Å². The summed E-state index contributed by atoms with van der Waals surface area (Å²) in [6, 6.07) is 15.3. The maximum absolute atomic E-state index is 12.5. The van der Waals surface area contributed by atoms with Gasteiger partial charge in [-0.05, 0) is 37.6 Å². The monoisotopic (exact) mass is 362 g/mol. The minimum atomic E-state index is -0.150. The highest BCUT2D eigenvalue weighted by atomic mass is 16.6. The molecule has 0 bridgehead atoms. The molecule has 4 nitrogen and oxygen atoms in total. The number of carbonyl (C=O) groups excluding carboxylic acids is 1. The molecule has 1 aliphatic heterocycles. The maximum atomic E-state index is 12.5. The van der Waals surface area contributed by atoms with Crippen LogP contribution in [-0.4, -0.2) is 24.3 Å². The number of hydrogen-bond acceptors (Lipinski definition) is 3. The molecule has 2 aromatic rings. The second-order valence-electron chi connectivity index (χ2n) is 6.08. The maximum Gasteiger partial charge on any atom is 0.252 e. The first-order chi connectivity index (χ1) is 13.1. The summed E-state index contributed by atoms with van der Waals surface area (Å²) in [4.78, 5) is 17.8. The number of oxime groups is 1. The van der Waals surface area contributed by atoms with Crippen LogP contribution >= 0.6 is 0 Å². The number of nitrogens with one attached hydrogen (secondary N) is 1. The van der Waals surface area contributed by atoms with E-state index in [1.807, 2.05) is 70.2 Å². The Morgan fingerprint density at radius 2 is 1.70 bits per heavy atom. The van der Waals surface area contributed by atoms with Crippen LogP contribution in [0, 0.1) is 18.8 Å². The van der Waals surface area contributed by atoms with Crippen LogP contribution in [0.2, 0.25) is 0 Å². The minimum absolute atomic E-state index is 0.0887. The lowest BCUT2D eigenvalue weighted by Crippen LogP contribution is -2.32. The van der Waals surface area contributed by atoms with Crippen molar-refractivity contribution in [2.45, 2.75) is 40.2 Å². The largest absolute Gasteiger partial charge is 0.390 e. The molecule has 4 heteroatoms. The molecule has 0 aromatic heterocycles. The van der Waals surface area contributed by atoms with E-state index in [-0.39, 0.29) is 12.0 Å². The van der Waals surface area contributed by atoms with Gasteiger partial charge in [-0.15, -0.1) is 0 Å². The number of carbonyl (C=O) groups is 1.